The number of carbonyl (C=O) groups excluding carboxylic acids is 1. The van der Waals surface area contributed by atoms with Gasteiger partial charge in [-0.25, -0.2) is 4.79 Å². The van der Waals surface area contributed by atoms with Crippen LogP contribution in [0.5, 0.6) is 0 Å². The molecule has 0 bridgehead atoms. The highest BCUT2D eigenvalue weighted by atomic mass is 16.5. The monoisotopic (exact) mass is 285 g/mol. The molecule has 5 heteroatoms. The number of ether oxygens (including phenoxy) is 1. The Hall–Kier alpha value is -2.43. The molecule has 0 atom stereocenters. The van der Waals surface area contributed by atoms with Crippen LogP contribution in [-0.2, 0) is 4.74 Å². The fraction of sp³-hybridized carbons (Fsp3) is 0.312. The van der Waals surface area contributed by atoms with Gasteiger partial charge < -0.3 is 10.1 Å². The van der Waals surface area contributed by atoms with E-state index in [-0.39, 0.29) is 5.69 Å². The van der Waals surface area contributed by atoms with Crippen molar-refractivity contribution in [3.05, 3.63) is 41.6 Å². The van der Waals surface area contributed by atoms with Crippen LogP contribution in [0.15, 0.2) is 35.9 Å². The van der Waals surface area contributed by atoms with Gasteiger partial charge >= 0.3 is 5.97 Å². The molecule has 1 heterocycles. The molecular formula is C16H19N3O2. The number of nitrogens with one attached hydrogen (secondary N) is 1. The van der Waals surface area contributed by atoms with Gasteiger partial charge in [-0.05, 0) is 26.8 Å². The van der Waals surface area contributed by atoms with Crippen molar-refractivity contribution in [2.45, 2.75) is 20.8 Å². The molecule has 0 amide bonds. The third-order valence-electron chi connectivity index (χ3n) is 2.93. The summed E-state index contributed by atoms with van der Waals surface area (Å²) in [6.45, 7) is 6.74. The lowest BCUT2D eigenvalue weighted by molar-refractivity contribution is 0.0519. The van der Waals surface area contributed by atoms with Crippen molar-refractivity contribution in [2.24, 2.45) is 0 Å². The molecule has 1 aromatic carbocycles. The fourth-order valence-electron chi connectivity index (χ4n) is 1.93. The minimum absolute atomic E-state index is 0.220. The first kappa shape index (κ1) is 15.0. The van der Waals surface area contributed by atoms with Crippen molar-refractivity contribution in [1.29, 1.82) is 0 Å². The SMILES string of the molecule is CCOC(=O)c1nnc2ccccc2c1NCC=C(C)C. The third-order valence-corrected chi connectivity index (χ3v) is 2.93. The molecule has 0 aliphatic rings. The first-order valence-corrected chi connectivity index (χ1v) is 6.93. The van der Waals surface area contributed by atoms with Gasteiger partial charge in [-0.15, -0.1) is 10.2 Å². The van der Waals surface area contributed by atoms with E-state index >= 15 is 0 Å². The van der Waals surface area contributed by atoms with Crippen LogP contribution >= 0.6 is 0 Å². The number of nitrogens with zero attached hydrogens (tertiary/aromatic N) is 2. The zero-order valence-electron chi connectivity index (χ0n) is 12.5. The minimum atomic E-state index is -0.463. The molecule has 110 valence electrons. The molecule has 0 saturated carbocycles. The summed E-state index contributed by atoms with van der Waals surface area (Å²) in [4.78, 5) is 12.0. The molecule has 21 heavy (non-hydrogen) atoms. The normalized spacial score (nSPS) is 10.2. The second kappa shape index (κ2) is 6.83. The van der Waals surface area contributed by atoms with Crippen LogP contribution in [-0.4, -0.2) is 29.3 Å². The van der Waals surface area contributed by atoms with Crippen LogP contribution in [0.3, 0.4) is 0 Å². The molecule has 0 fully saturated rings. The number of rotatable bonds is 5. The fourth-order valence-corrected chi connectivity index (χ4v) is 1.93. The average Bonchev–Trinajstić information content (AvgIpc) is 2.47. The van der Waals surface area contributed by atoms with Gasteiger partial charge in [-0.1, -0.05) is 29.8 Å². The van der Waals surface area contributed by atoms with Gasteiger partial charge in [0.05, 0.1) is 17.8 Å². The number of hydrogen-bond donors (Lipinski definition) is 1. The molecule has 1 aromatic heterocycles. The van der Waals surface area contributed by atoms with Crippen molar-refractivity contribution in [3.8, 4) is 0 Å². The molecule has 2 rings (SSSR count). The Morgan fingerprint density at radius 2 is 2.05 bits per heavy atom. The average molecular weight is 285 g/mol. The van der Waals surface area contributed by atoms with Gasteiger partial charge in [0.1, 0.15) is 0 Å². The standard InChI is InChI=1S/C16H19N3O2/c1-4-21-16(20)15-14(17-10-9-11(2)3)12-7-5-6-8-13(12)18-19-15/h5-9H,4,10H2,1-3H3,(H,17,18). The molecule has 0 aliphatic heterocycles. The number of aromatic nitrogens is 2. The Balaban J connectivity index is 2.46. The summed E-state index contributed by atoms with van der Waals surface area (Å²) < 4.78 is 5.05. The molecule has 0 saturated heterocycles. The van der Waals surface area contributed by atoms with Gasteiger partial charge in [0.2, 0.25) is 0 Å². The summed E-state index contributed by atoms with van der Waals surface area (Å²) in [6.07, 6.45) is 2.05. The lowest BCUT2D eigenvalue weighted by Gasteiger charge is -2.11. The quantitative estimate of drug-likeness (QED) is 0.675. The number of esters is 1. The molecule has 0 aliphatic carbocycles. The van der Waals surface area contributed by atoms with Crippen LogP contribution in [0.4, 0.5) is 5.69 Å². The highest BCUT2D eigenvalue weighted by molar-refractivity contribution is 6.03. The Kier molecular flexibility index (Phi) is 4.87. The summed E-state index contributed by atoms with van der Waals surface area (Å²) in [5, 5.41) is 12.2. The summed E-state index contributed by atoms with van der Waals surface area (Å²) in [6, 6.07) is 7.58. The molecule has 0 spiro atoms. The van der Waals surface area contributed by atoms with E-state index in [4.69, 9.17) is 4.74 Å². The van der Waals surface area contributed by atoms with Crippen LogP contribution in [0.25, 0.3) is 10.9 Å². The Bertz CT molecular complexity index is 676. The van der Waals surface area contributed by atoms with Gasteiger partial charge in [-0.2, -0.15) is 0 Å². The van der Waals surface area contributed by atoms with Crippen molar-refractivity contribution >= 4 is 22.6 Å². The van der Waals surface area contributed by atoms with Gasteiger partial charge in [0.25, 0.3) is 0 Å². The molecule has 2 aromatic rings. The van der Waals surface area contributed by atoms with Gasteiger partial charge in [0, 0.05) is 11.9 Å². The Labute approximate surface area is 124 Å². The Morgan fingerprint density at radius 3 is 2.76 bits per heavy atom. The van der Waals surface area contributed by atoms with Crippen LogP contribution in [0.1, 0.15) is 31.3 Å². The van der Waals surface area contributed by atoms with Crippen LogP contribution in [0.2, 0.25) is 0 Å². The maximum absolute atomic E-state index is 12.0. The second-order valence-electron chi connectivity index (χ2n) is 4.82. The van der Waals surface area contributed by atoms with E-state index in [0.29, 0.717) is 18.8 Å². The molecule has 0 unspecified atom stereocenters. The van der Waals surface area contributed by atoms with E-state index in [0.717, 1.165) is 10.9 Å². The second-order valence-corrected chi connectivity index (χ2v) is 4.82. The number of benzene rings is 1. The van der Waals surface area contributed by atoms with E-state index in [1.165, 1.54) is 5.57 Å². The predicted molar refractivity (Wildman–Crippen MR) is 83.4 cm³/mol. The maximum atomic E-state index is 12.0. The van der Waals surface area contributed by atoms with Gasteiger partial charge in [0.15, 0.2) is 5.69 Å². The topological polar surface area (TPSA) is 64.1 Å². The minimum Gasteiger partial charge on any atom is -0.461 e. The van der Waals surface area contributed by atoms with E-state index in [1.54, 1.807) is 6.92 Å². The van der Waals surface area contributed by atoms with E-state index in [2.05, 4.69) is 15.5 Å². The smallest absolute Gasteiger partial charge is 0.361 e. The van der Waals surface area contributed by atoms with Crippen molar-refractivity contribution in [1.82, 2.24) is 10.2 Å². The summed E-state index contributed by atoms with van der Waals surface area (Å²) >= 11 is 0. The molecule has 5 nitrogen and oxygen atoms in total. The zero-order valence-corrected chi connectivity index (χ0v) is 12.5. The van der Waals surface area contributed by atoms with E-state index in [9.17, 15) is 4.79 Å². The number of fused-ring (bicyclic) bond motifs is 1. The molecular weight excluding hydrogens is 266 g/mol. The van der Waals surface area contributed by atoms with Crippen molar-refractivity contribution < 1.29 is 9.53 Å². The lowest BCUT2D eigenvalue weighted by atomic mass is 10.1. The van der Waals surface area contributed by atoms with Crippen LogP contribution in [0, 0.1) is 0 Å². The van der Waals surface area contributed by atoms with Crippen molar-refractivity contribution in [2.75, 3.05) is 18.5 Å². The number of allylic oxidation sites excluding steroid dienone is 1. The zero-order chi connectivity index (χ0) is 15.2. The van der Waals surface area contributed by atoms with Crippen LogP contribution < -0.4 is 5.32 Å². The van der Waals surface area contributed by atoms with Crippen molar-refractivity contribution in [3.63, 3.8) is 0 Å². The number of carbonyl (C=O) groups is 1. The van der Waals surface area contributed by atoms with E-state index in [1.807, 2.05) is 44.2 Å². The summed E-state index contributed by atoms with van der Waals surface area (Å²) in [5.74, 6) is -0.463. The van der Waals surface area contributed by atoms with Gasteiger partial charge in [-0.3, -0.25) is 0 Å². The molecule has 0 radical (unpaired) electrons. The highest BCUT2D eigenvalue weighted by Gasteiger charge is 2.18. The molecule has 1 N–H and O–H groups in total. The maximum Gasteiger partial charge on any atom is 0.361 e. The highest BCUT2D eigenvalue weighted by Crippen LogP contribution is 2.24. The first-order valence-electron chi connectivity index (χ1n) is 6.93. The predicted octanol–water partition coefficient (Wildman–Crippen LogP) is 3.18. The van der Waals surface area contributed by atoms with E-state index < -0.39 is 5.97 Å². The Morgan fingerprint density at radius 1 is 1.29 bits per heavy atom. The third kappa shape index (κ3) is 3.56. The summed E-state index contributed by atoms with van der Waals surface area (Å²) in [5.41, 5.74) is 2.83. The lowest BCUT2D eigenvalue weighted by Crippen LogP contribution is -2.13. The first-order chi connectivity index (χ1) is 10.1. The largest absolute Gasteiger partial charge is 0.461 e. The number of hydrogen-bond acceptors (Lipinski definition) is 5. The number of anilines is 1. The summed E-state index contributed by atoms with van der Waals surface area (Å²) in [7, 11) is 0.